The van der Waals surface area contributed by atoms with E-state index in [1.165, 1.54) is 5.56 Å². The predicted octanol–water partition coefficient (Wildman–Crippen LogP) is 3.19. The Kier molecular flexibility index (Phi) is 2.07. The molecule has 0 amide bonds. The highest BCUT2D eigenvalue weighted by molar-refractivity contribution is 6.30. The minimum atomic E-state index is 0.300. The summed E-state index contributed by atoms with van der Waals surface area (Å²) in [6.45, 7) is 2.13. The van der Waals surface area contributed by atoms with E-state index in [4.69, 9.17) is 16.3 Å². The molecule has 0 radical (unpaired) electrons. The van der Waals surface area contributed by atoms with Crippen LogP contribution in [0.15, 0.2) is 24.3 Å². The Morgan fingerprint density at radius 1 is 1.50 bits per heavy atom. The normalized spacial score (nSPS) is 27.2. The highest BCUT2D eigenvalue weighted by Crippen LogP contribution is 2.40. The highest BCUT2D eigenvalue weighted by atomic mass is 35.5. The molecule has 1 aromatic rings. The third-order valence-corrected chi connectivity index (χ3v) is 2.40. The zero-order valence-corrected chi connectivity index (χ0v) is 7.71. The van der Waals surface area contributed by atoms with Gasteiger partial charge in [0.05, 0.1) is 6.10 Å². The van der Waals surface area contributed by atoms with E-state index in [9.17, 15) is 0 Å². The summed E-state index contributed by atoms with van der Waals surface area (Å²) in [6.07, 6.45) is 1.80. The monoisotopic (exact) mass is 182 g/mol. The molecule has 0 aromatic heterocycles. The zero-order valence-electron chi connectivity index (χ0n) is 6.96. The Morgan fingerprint density at radius 3 is 2.92 bits per heavy atom. The van der Waals surface area contributed by atoms with Crippen LogP contribution in [0.25, 0.3) is 0 Å². The lowest BCUT2D eigenvalue weighted by atomic mass is 10.1. The lowest BCUT2D eigenvalue weighted by molar-refractivity contribution is 0.370. The third-order valence-electron chi connectivity index (χ3n) is 2.16. The maximum absolute atomic E-state index is 5.85. The second-order valence-electron chi connectivity index (χ2n) is 3.06. The van der Waals surface area contributed by atoms with Crippen LogP contribution in [0.3, 0.4) is 0 Å². The lowest BCUT2D eigenvalue weighted by Crippen LogP contribution is -1.85. The summed E-state index contributed by atoms with van der Waals surface area (Å²) in [5.74, 6) is 0. The molecule has 64 valence electrons. The third kappa shape index (κ3) is 1.47. The average Bonchev–Trinajstić information content (AvgIpc) is 2.83. The molecule has 2 heteroatoms. The minimum absolute atomic E-state index is 0.300. The second-order valence-corrected chi connectivity index (χ2v) is 3.49. The molecule has 0 aliphatic carbocycles. The number of hydrogen-bond donors (Lipinski definition) is 0. The van der Waals surface area contributed by atoms with Crippen molar-refractivity contribution in [2.75, 3.05) is 0 Å². The van der Waals surface area contributed by atoms with Crippen molar-refractivity contribution in [1.82, 2.24) is 0 Å². The van der Waals surface area contributed by atoms with Crippen molar-refractivity contribution in [2.45, 2.75) is 25.6 Å². The van der Waals surface area contributed by atoms with E-state index >= 15 is 0 Å². The molecule has 2 rings (SSSR count). The van der Waals surface area contributed by atoms with Crippen LogP contribution in [0.4, 0.5) is 0 Å². The molecule has 0 bridgehead atoms. The molecular weight excluding hydrogens is 172 g/mol. The molecule has 1 fully saturated rings. The van der Waals surface area contributed by atoms with Gasteiger partial charge in [-0.05, 0) is 24.1 Å². The second kappa shape index (κ2) is 3.08. The quantitative estimate of drug-likeness (QED) is 0.640. The molecule has 0 spiro atoms. The van der Waals surface area contributed by atoms with Crippen LogP contribution in [-0.2, 0) is 4.74 Å². The summed E-state index contributed by atoms with van der Waals surface area (Å²) in [4.78, 5) is 0. The summed E-state index contributed by atoms with van der Waals surface area (Å²) in [5.41, 5.74) is 1.20. The summed E-state index contributed by atoms with van der Waals surface area (Å²) < 4.78 is 5.45. The number of hydrogen-bond acceptors (Lipinski definition) is 1. The summed E-state index contributed by atoms with van der Waals surface area (Å²) >= 11 is 5.85. The van der Waals surface area contributed by atoms with Crippen LogP contribution < -0.4 is 0 Å². The van der Waals surface area contributed by atoms with Gasteiger partial charge in [-0.2, -0.15) is 0 Å². The summed E-state index contributed by atoms with van der Waals surface area (Å²) in [6, 6.07) is 7.88. The molecule has 0 saturated carbocycles. The van der Waals surface area contributed by atoms with E-state index < -0.39 is 0 Å². The van der Waals surface area contributed by atoms with E-state index in [1.54, 1.807) is 0 Å². The Hall–Kier alpha value is -0.530. The van der Waals surface area contributed by atoms with Gasteiger partial charge in [-0.15, -0.1) is 0 Å². The molecule has 1 aromatic carbocycles. The first-order valence-electron chi connectivity index (χ1n) is 4.22. The van der Waals surface area contributed by atoms with Crippen molar-refractivity contribution in [3.05, 3.63) is 34.9 Å². The first kappa shape index (κ1) is 8.09. The van der Waals surface area contributed by atoms with Gasteiger partial charge in [-0.1, -0.05) is 30.7 Å². The van der Waals surface area contributed by atoms with Gasteiger partial charge in [0.2, 0.25) is 0 Å². The smallest absolute Gasteiger partial charge is 0.109 e. The van der Waals surface area contributed by atoms with Crippen molar-refractivity contribution >= 4 is 11.6 Å². The molecule has 12 heavy (non-hydrogen) atoms. The molecular formula is C10H11ClO. The Labute approximate surface area is 77.3 Å². The van der Waals surface area contributed by atoms with Gasteiger partial charge < -0.3 is 4.74 Å². The van der Waals surface area contributed by atoms with Gasteiger partial charge in [0.25, 0.3) is 0 Å². The first-order chi connectivity index (χ1) is 5.81. The van der Waals surface area contributed by atoms with E-state index in [2.05, 4.69) is 13.0 Å². The zero-order chi connectivity index (χ0) is 8.55. The van der Waals surface area contributed by atoms with E-state index in [-0.39, 0.29) is 0 Å². The molecule has 1 saturated heterocycles. The summed E-state index contributed by atoms with van der Waals surface area (Å²) in [5, 5.41) is 0.790. The molecule has 1 nitrogen and oxygen atoms in total. The number of ether oxygens (including phenoxy) is 1. The van der Waals surface area contributed by atoms with E-state index in [0.29, 0.717) is 12.2 Å². The van der Waals surface area contributed by atoms with Gasteiger partial charge >= 0.3 is 0 Å². The fourth-order valence-electron chi connectivity index (χ4n) is 1.43. The Bertz CT molecular complexity index is 285. The van der Waals surface area contributed by atoms with E-state index in [0.717, 1.165) is 11.4 Å². The molecule has 2 atom stereocenters. The summed E-state index contributed by atoms with van der Waals surface area (Å²) in [7, 11) is 0. The van der Waals surface area contributed by atoms with Crippen molar-refractivity contribution in [2.24, 2.45) is 0 Å². The number of rotatable bonds is 2. The Balaban J connectivity index is 2.14. The largest absolute Gasteiger partial charge is 0.365 e. The lowest BCUT2D eigenvalue weighted by Gasteiger charge is -1.95. The standard InChI is InChI=1S/C10H11ClO/c1-2-9-10(12-9)7-4-3-5-8(11)6-7/h3-6,9-10H,2H2,1H3. The molecule has 1 heterocycles. The minimum Gasteiger partial charge on any atom is -0.365 e. The van der Waals surface area contributed by atoms with Crippen molar-refractivity contribution in [3.8, 4) is 0 Å². The van der Waals surface area contributed by atoms with Gasteiger partial charge in [-0.3, -0.25) is 0 Å². The Morgan fingerprint density at radius 2 is 2.33 bits per heavy atom. The van der Waals surface area contributed by atoms with Crippen LogP contribution in [-0.4, -0.2) is 6.10 Å². The van der Waals surface area contributed by atoms with Crippen LogP contribution in [0.1, 0.15) is 25.0 Å². The first-order valence-corrected chi connectivity index (χ1v) is 4.60. The maximum atomic E-state index is 5.85. The number of benzene rings is 1. The van der Waals surface area contributed by atoms with Crippen LogP contribution >= 0.6 is 11.6 Å². The number of epoxide rings is 1. The average molecular weight is 183 g/mol. The molecule has 0 N–H and O–H groups in total. The fourth-order valence-corrected chi connectivity index (χ4v) is 1.63. The van der Waals surface area contributed by atoms with Crippen LogP contribution in [0.5, 0.6) is 0 Å². The molecule has 2 unspecified atom stereocenters. The van der Waals surface area contributed by atoms with Crippen LogP contribution in [0, 0.1) is 0 Å². The predicted molar refractivity (Wildman–Crippen MR) is 49.4 cm³/mol. The number of halogens is 1. The van der Waals surface area contributed by atoms with Gasteiger partial charge in [0, 0.05) is 5.02 Å². The van der Waals surface area contributed by atoms with Gasteiger partial charge in [0.15, 0.2) is 0 Å². The topological polar surface area (TPSA) is 12.5 Å². The van der Waals surface area contributed by atoms with Crippen molar-refractivity contribution < 1.29 is 4.74 Å². The van der Waals surface area contributed by atoms with E-state index in [1.807, 2.05) is 18.2 Å². The van der Waals surface area contributed by atoms with Gasteiger partial charge in [-0.25, -0.2) is 0 Å². The fraction of sp³-hybridized carbons (Fsp3) is 0.400. The van der Waals surface area contributed by atoms with Gasteiger partial charge in [0.1, 0.15) is 6.10 Å². The highest BCUT2D eigenvalue weighted by Gasteiger charge is 2.38. The molecule has 1 aliphatic heterocycles. The maximum Gasteiger partial charge on any atom is 0.109 e. The molecule has 1 aliphatic rings. The van der Waals surface area contributed by atoms with Crippen LogP contribution in [0.2, 0.25) is 5.02 Å². The van der Waals surface area contributed by atoms with Crippen molar-refractivity contribution in [3.63, 3.8) is 0 Å². The SMILES string of the molecule is CCC1OC1c1cccc(Cl)c1. The van der Waals surface area contributed by atoms with Crippen molar-refractivity contribution in [1.29, 1.82) is 0 Å².